The first-order valence-electron chi connectivity index (χ1n) is 46.2. The lowest BCUT2D eigenvalue weighted by Crippen LogP contribution is -2.28. The van der Waals surface area contributed by atoms with Crippen molar-refractivity contribution in [3.63, 3.8) is 0 Å². The van der Waals surface area contributed by atoms with Gasteiger partial charge in [0.25, 0.3) is 0 Å². The second-order valence-corrected chi connectivity index (χ2v) is 33.8. The largest absolute Gasteiger partial charge is 0.212 e. The van der Waals surface area contributed by atoms with E-state index in [-0.39, 0.29) is 0 Å². The molecule has 20 rings (SSSR count). The highest BCUT2D eigenvalue weighted by atomic mass is 14.9. The van der Waals surface area contributed by atoms with Crippen LogP contribution in [0.25, 0.3) is 177 Å². The fourth-order valence-corrected chi connectivity index (χ4v) is 17.8. The van der Waals surface area contributed by atoms with Crippen LogP contribution >= 0.6 is 0 Å². The molecule has 0 radical (unpaired) electrons. The molecule has 0 aliphatic rings. The van der Waals surface area contributed by atoms with E-state index in [0.717, 1.165) is 66.5 Å². The van der Waals surface area contributed by atoms with Gasteiger partial charge in [-0.05, 0) is 328 Å². The minimum absolute atomic E-state index is 0.330. The molecule has 0 N–H and O–H groups in total. The molecule has 20 aromatic rings. The van der Waals surface area contributed by atoms with Gasteiger partial charge < -0.3 is 0 Å². The van der Waals surface area contributed by atoms with Crippen LogP contribution in [0.5, 0.6) is 0 Å². The third kappa shape index (κ3) is 20.6. The van der Waals surface area contributed by atoms with Crippen LogP contribution < -0.4 is 18.3 Å². The van der Waals surface area contributed by atoms with E-state index in [2.05, 4.69) is 472 Å². The van der Waals surface area contributed by atoms with Crippen molar-refractivity contribution in [2.24, 2.45) is 28.2 Å². The molecule has 0 saturated heterocycles. The van der Waals surface area contributed by atoms with Gasteiger partial charge in [0.15, 0.2) is 31.0 Å². The van der Waals surface area contributed by atoms with Gasteiger partial charge in [-0.2, -0.15) is 0 Å². The molecule has 632 valence electrons. The van der Waals surface area contributed by atoms with Crippen LogP contribution in [-0.2, 0) is 28.2 Å². The molecule has 0 fully saturated rings. The Kier molecular flexibility index (Phi) is 25.4. The van der Waals surface area contributed by atoms with Gasteiger partial charge in [-0.25, -0.2) is 18.3 Å². The van der Waals surface area contributed by atoms with Crippen LogP contribution in [0.3, 0.4) is 0 Å². The van der Waals surface area contributed by atoms with Crippen LogP contribution in [0.2, 0.25) is 0 Å². The molecular formula is C128H104N4+4. The smallest absolute Gasteiger partial charge is 0.207 e. The Hall–Kier alpha value is -16.6. The van der Waals surface area contributed by atoms with Gasteiger partial charge in [-0.3, -0.25) is 0 Å². The molecule has 132 heavy (non-hydrogen) atoms. The van der Waals surface area contributed by atoms with Crippen LogP contribution in [0.4, 0.5) is 0 Å². The number of pyridine rings is 4. The summed E-state index contributed by atoms with van der Waals surface area (Å²) in [4.78, 5) is 0. The van der Waals surface area contributed by atoms with E-state index in [1.54, 1.807) is 12.1 Å². The fourth-order valence-electron chi connectivity index (χ4n) is 17.8. The molecule has 0 atom stereocenters. The van der Waals surface area contributed by atoms with Gasteiger partial charge in [-0.15, -0.1) is 23.7 Å². The number of nitrogens with zero attached hydrogens (tertiary/aromatic N) is 4. The number of hydrogen-bond acceptors (Lipinski definition) is 0. The van der Waals surface area contributed by atoms with Crippen LogP contribution in [-0.4, -0.2) is 0 Å². The minimum Gasteiger partial charge on any atom is -0.207 e. The standard InChI is InChI=1S/4C32H26N/c1-4-9-24-10-7-12-25(18-24)29-16-23(2)17-30(20-29)26-13-8-14-27(19-26)32-22-33(3)21-28-11-5-6-15-31(28)32;1-4-9-24-10-7-12-25(18-24)29-16-23(2)17-30(21-29)26-13-8-14-27(19-26)31-20-28-11-5-6-15-32(28)33(3)22-31;1-4-9-24-10-7-12-25(18-24)26-13-8-14-27(19-26)29-16-23(2)17-30(21-29)31-20-28-11-5-6-15-32(28)33(3)22-31;1-4-9-24-16-23(2)17-30(18-24)27-13-7-11-25(19-27)26-12-8-14-28(20-26)31-21-29-10-5-6-15-32(29)33(3)22-31/h4*5-8,10-22H,1-3H3/q4*+1/i;;2D3;. The lowest BCUT2D eigenvalue weighted by atomic mass is 9.93. The Balaban J connectivity index is 0.000000125. The Morgan fingerprint density at radius 1 is 0.197 bits per heavy atom. The summed E-state index contributed by atoms with van der Waals surface area (Å²) in [6, 6.07) is 135. The maximum Gasteiger partial charge on any atom is 0.212 e. The van der Waals surface area contributed by atoms with Crippen molar-refractivity contribution in [1.29, 1.82) is 0 Å². The Bertz CT molecular complexity index is 8220. The molecule has 4 nitrogen and oxygen atoms in total. The van der Waals surface area contributed by atoms with Crippen molar-refractivity contribution in [3.05, 3.63) is 458 Å². The molecule has 0 bridgehead atoms. The summed E-state index contributed by atoms with van der Waals surface area (Å²) in [6.45, 7) is 11.7. The summed E-state index contributed by atoms with van der Waals surface area (Å²) in [7, 11) is 8.32. The van der Waals surface area contributed by atoms with Gasteiger partial charge in [0.2, 0.25) is 16.6 Å². The number of aryl methyl sites for hydroxylation is 8. The molecule has 0 saturated carbocycles. The zero-order valence-corrected chi connectivity index (χ0v) is 76.5. The summed E-state index contributed by atoms with van der Waals surface area (Å²) in [5.74, 6) is 24.6. The third-order valence-corrected chi connectivity index (χ3v) is 23.9. The zero-order valence-electron chi connectivity index (χ0n) is 79.5. The normalized spacial score (nSPS) is 11.1. The van der Waals surface area contributed by atoms with Crippen molar-refractivity contribution in [3.8, 4) is 181 Å². The van der Waals surface area contributed by atoms with E-state index < -0.39 is 6.85 Å². The lowest BCUT2D eigenvalue weighted by Gasteiger charge is -2.11. The first-order valence-corrected chi connectivity index (χ1v) is 44.7. The maximum absolute atomic E-state index is 8.12. The van der Waals surface area contributed by atoms with Crippen molar-refractivity contribution in [1.82, 2.24) is 0 Å². The number of benzene rings is 16. The molecule has 0 unspecified atom stereocenters. The van der Waals surface area contributed by atoms with E-state index in [0.29, 0.717) is 5.56 Å². The quantitative estimate of drug-likeness (QED) is 0.0856. The SMILES string of the molecule is CC#Cc1cc(C)cc(-c2cccc(-c3cccc(-c4cc5ccccc5[n+](C)c4)c3)c2)c1.CC#Cc1cccc(-c2cc(C)cc(-c3cccc(-c4c[n+](C)cc5ccccc45)c3)c2)c1.CC#Cc1cccc(-c2cc(C)cc(-c3cccc(-c4cc5ccccc5[n+](C)c4)c3)c2)c1.[2H]C([2H])([2H])c1cc(-c2cccc(-c3cccc(C#CC)c3)c2)cc(-c2cc3ccccc3[n+](C)c2)c1. The second kappa shape index (κ2) is 40.2. The highest BCUT2D eigenvalue weighted by Crippen LogP contribution is 2.39. The number of fused-ring (bicyclic) bond motifs is 4. The highest BCUT2D eigenvalue weighted by Gasteiger charge is 2.19. The van der Waals surface area contributed by atoms with Crippen LogP contribution in [0.1, 0.15) is 76.3 Å². The molecule has 4 aromatic heterocycles. The van der Waals surface area contributed by atoms with E-state index in [9.17, 15) is 0 Å². The monoisotopic (exact) mass is 1700 g/mol. The Morgan fingerprint density at radius 3 is 0.818 bits per heavy atom. The Morgan fingerprint density at radius 2 is 0.447 bits per heavy atom. The fraction of sp³-hybridized carbons (Fsp3) is 0.0938. The molecule has 0 aliphatic carbocycles. The summed E-state index contributed by atoms with van der Waals surface area (Å²) >= 11 is 0. The summed E-state index contributed by atoms with van der Waals surface area (Å²) in [5.41, 5.74) is 39.5. The predicted octanol–water partition coefficient (Wildman–Crippen LogP) is 29.4. The summed E-state index contributed by atoms with van der Waals surface area (Å²) in [5, 5.41) is 6.11. The molecule has 0 aliphatic heterocycles. The number of rotatable bonds is 12. The van der Waals surface area contributed by atoms with Crippen molar-refractivity contribution in [2.75, 3.05) is 0 Å². The molecule has 0 amide bonds. The molecular weight excluding hydrogens is 1590 g/mol. The number of hydrogen-bond donors (Lipinski definition) is 0. The van der Waals surface area contributed by atoms with Gasteiger partial charge in [0.1, 0.15) is 28.2 Å². The minimum atomic E-state index is -2.21. The topological polar surface area (TPSA) is 15.5 Å². The molecule has 16 aromatic carbocycles. The van der Waals surface area contributed by atoms with Gasteiger partial charge in [0, 0.05) is 88.2 Å². The summed E-state index contributed by atoms with van der Waals surface area (Å²) in [6.07, 6.45) is 10.9. The van der Waals surface area contributed by atoms with E-state index in [1.165, 1.54) is 149 Å². The number of aromatic nitrogens is 4. The Labute approximate surface area is 782 Å². The molecule has 0 spiro atoms. The zero-order chi connectivity index (χ0) is 93.6. The first kappa shape index (κ1) is 83.6. The second-order valence-electron chi connectivity index (χ2n) is 33.8. The van der Waals surface area contributed by atoms with Crippen molar-refractivity contribution in [2.45, 2.75) is 55.3 Å². The molecule has 4 heteroatoms. The molecule has 4 heterocycles. The summed E-state index contributed by atoms with van der Waals surface area (Å²) < 4.78 is 33.0. The first-order chi connectivity index (χ1) is 65.6. The van der Waals surface area contributed by atoms with Crippen LogP contribution in [0, 0.1) is 75.0 Å². The van der Waals surface area contributed by atoms with E-state index in [4.69, 9.17) is 4.11 Å². The van der Waals surface area contributed by atoms with Crippen molar-refractivity contribution >= 4 is 43.5 Å². The average molecular weight is 1700 g/mol. The lowest BCUT2D eigenvalue weighted by molar-refractivity contribution is -0.669. The van der Waals surface area contributed by atoms with Gasteiger partial charge in [-0.1, -0.05) is 248 Å². The van der Waals surface area contributed by atoms with E-state index in [1.807, 2.05) is 71.1 Å². The third-order valence-electron chi connectivity index (χ3n) is 23.9. The van der Waals surface area contributed by atoms with Crippen LogP contribution in [0.15, 0.2) is 413 Å². The average Bonchev–Trinajstić information content (AvgIpc) is 0.787. The van der Waals surface area contributed by atoms with E-state index >= 15 is 0 Å². The van der Waals surface area contributed by atoms with Gasteiger partial charge >= 0.3 is 0 Å². The van der Waals surface area contributed by atoms with Crippen molar-refractivity contribution < 1.29 is 22.4 Å². The predicted molar refractivity (Wildman–Crippen MR) is 555 cm³/mol. The van der Waals surface area contributed by atoms with Gasteiger partial charge in [0.05, 0.1) is 5.56 Å². The highest BCUT2D eigenvalue weighted by molar-refractivity contribution is 5.96. The number of para-hydroxylation sites is 3. The maximum atomic E-state index is 8.12.